The average molecular weight is 1010 g/mol. The first kappa shape index (κ1) is 47.6. The highest BCUT2D eigenvalue weighted by atomic mass is 79.9. The number of phenolic OH excluding ortho intramolecular Hbond substituents is 1. The van der Waals surface area contributed by atoms with Gasteiger partial charge in [0.25, 0.3) is 0 Å². The quantitative estimate of drug-likeness (QED) is 0.120. The number of ketones is 2. The Morgan fingerprint density at radius 3 is 1.64 bits per heavy atom. The number of aldehydes is 1. The van der Waals surface area contributed by atoms with E-state index in [4.69, 9.17) is 13.6 Å². The normalized spacial score (nSPS) is 10.1. The largest absolute Gasteiger partial charge is 0.508 e. The SMILES string of the molecule is CC(=O)CBr.CC(=O)COc1ccc(Br)cc1C.CCc1cc(Br)cc2c(C)coc12.CCc1cc(Br)ccc1O.CCc1cc(C=O)cc2c(C)coc12. The summed E-state index contributed by atoms with van der Waals surface area (Å²) in [5, 5.41) is 12.0. The predicted molar refractivity (Wildman–Crippen MR) is 238 cm³/mol. The molecule has 7 nitrogen and oxygen atoms in total. The predicted octanol–water partition coefficient (Wildman–Crippen LogP) is 13.6. The Labute approximate surface area is 357 Å². The van der Waals surface area contributed by atoms with Gasteiger partial charge < -0.3 is 18.7 Å². The van der Waals surface area contributed by atoms with Crippen molar-refractivity contribution in [3.63, 3.8) is 0 Å². The minimum atomic E-state index is 0.0299. The zero-order valence-corrected chi connectivity index (χ0v) is 38.8. The van der Waals surface area contributed by atoms with E-state index in [1.807, 2.05) is 69.5 Å². The molecule has 0 aliphatic rings. The first-order valence-electron chi connectivity index (χ1n) is 17.6. The number of alkyl halides is 1. The molecular formula is C44H48Br4O7. The molecule has 0 fully saturated rings. The highest BCUT2D eigenvalue weighted by Gasteiger charge is 2.09. The number of rotatable bonds is 8. The summed E-state index contributed by atoms with van der Waals surface area (Å²) in [7, 11) is 0. The van der Waals surface area contributed by atoms with Crippen molar-refractivity contribution in [2.45, 2.75) is 74.7 Å². The van der Waals surface area contributed by atoms with Gasteiger partial charge in [-0.25, -0.2) is 0 Å². The van der Waals surface area contributed by atoms with Crippen molar-refractivity contribution in [3.8, 4) is 11.5 Å². The molecule has 0 aliphatic carbocycles. The van der Waals surface area contributed by atoms with Crippen LogP contribution in [0.5, 0.6) is 11.5 Å². The van der Waals surface area contributed by atoms with E-state index < -0.39 is 0 Å². The van der Waals surface area contributed by atoms with E-state index >= 15 is 0 Å². The highest BCUT2D eigenvalue weighted by Crippen LogP contribution is 2.29. The van der Waals surface area contributed by atoms with Crippen molar-refractivity contribution in [1.82, 2.24) is 0 Å². The van der Waals surface area contributed by atoms with E-state index in [0.29, 0.717) is 11.1 Å². The number of carbonyl (C=O) groups excluding carboxylic acids is 3. The summed E-state index contributed by atoms with van der Waals surface area (Å²) in [6.45, 7) is 15.4. The highest BCUT2D eigenvalue weighted by molar-refractivity contribution is 9.11. The van der Waals surface area contributed by atoms with Crippen LogP contribution >= 0.6 is 63.7 Å². The molecule has 11 heteroatoms. The maximum atomic E-state index is 10.7. The minimum Gasteiger partial charge on any atom is -0.508 e. The van der Waals surface area contributed by atoms with Gasteiger partial charge in [-0.3, -0.25) is 14.4 Å². The zero-order valence-electron chi connectivity index (χ0n) is 32.4. The van der Waals surface area contributed by atoms with Gasteiger partial charge in [-0.05, 0) is 148 Å². The van der Waals surface area contributed by atoms with Gasteiger partial charge in [0.05, 0.1) is 17.9 Å². The number of fused-ring (bicyclic) bond motifs is 2. The van der Waals surface area contributed by atoms with E-state index in [1.165, 1.54) is 30.4 Å². The second kappa shape index (κ2) is 24.2. The number of phenols is 1. The number of ether oxygens (including phenoxy) is 1. The van der Waals surface area contributed by atoms with Crippen LogP contribution in [0.25, 0.3) is 21.9 Å². The molecule has 1 N–H and O–H groups in total. The number of Topliss-reactive ketones (excluding diaryl/α,β-unsaturated/α-hetero) is 2. The summed E-state index contributed by atoms with van der Waals surface area (Å²) < 4.78 is 19.4. The monoisotopic (exact) mass is 1000 g/mol. The number of hydrogen-bond acceptors (Lipinski definition) is 7. The molecule has 0 saturated heterocycles. The van der Waals surface area contributed by atoms with E-state index in [1.54, 1.807) is 12.3 Å². The number of halogens is 4. The van der Waals surface area contributed by atoms with Crippen LogP contribution in [0.4, 0.5) is 0 Å². The fraction of sp³-hybridized carbons (Fsp3) is 0.295. The topological polar surface area (TPSA) is 107 Å². The molecule has 4 aromatic carbocycles. The number of aromatic hydroxyl groups is 1. The summed E-state index contributed by atoms with van der Waals surface area (Å²) in [6.07, 6.45) is 7.18. The summed E-state index contributed by atoms with van der Waals surface area (Å²) in [6, 6.07) is 19.1. The zero-order chi connectivity index (χ0) is 41.2. The van der Waals surface area contributed by atoms with Crippen molar-refractivity contribution in [2.24, 2.45) is 0 Å². The molecule has 294 valence electrons. The molecule has 2 heterocycles. The lowest BCUT2D eigenvalue weighted by Crippen LogP contribution is -2.07. The summed E-state index contributed by atoms with van der Waals surface area (Å²) in [5.41, 5.74) is 9.31. The molecule has 0 unspecified atom stereocenters. The van der Waals surface area contributed by atoms with Gasteiger partial charge in [0, 0.05) is 29.8 Å². The Balaban J connectivity index is 0.000000245. The fourth-order valence-electron chi connectivity index (χ4n) is 5.03. The van der Waals surface area contributed by atoms with Crippen LogP contribution < -0.4 is 4.74 Å². The van der Waals surface area contributed by atoms with Gasteiger partial charge >= 0.3 is 0 Å². The maximum absolute atomic E-state index is 10.7. The number of benzene rings is 4. The third-order valence-corrected chi connectivity index (χ3v) is 10.2. The third kappa shape index (κ3) is 15.5. The minimum absolute atomic E-state index is 0.0299. The molecule has 0 radical (unpaired) electrons. The molecule has 0 bridgehead atoms. The van der Waals surface area contributed by atoms with Crippen molar-refractivity contribution in [3.05, 3.63) is 126 Å². The Hall–Kier alpha value is -3.51. The van der Waals surface area contributed by atoms with Gasteiger partial charge in [0.2, 0.25) is 0 Å². The van der Waals surface area contributed by atoms with Crippen molar-refractivity contribution in [1.29, 1.82) is 0 Å². The molecule has 55 heavy (non-hydrogen) atoms. The van der Waals surface area contributed by atoms with Gasteiger partial charge in [-0.1, -0.05) is 84.5 Å². The molecular weight excluding hydrogens is 960 g/mol. The van der Waals surface area contributed by atoms with Crippen LogP contribution in [-0.2, 0) is 28.9 Å². The number of carbonyl (C=O) groups is 3. The van der Waals surface area contributed by atoms with Crippen LogP contribution in [0.3, 0.4) is 0 Å². The Bertz CT molecular complexity index is 2180. The van der Waals surface area contributed by atoms with Crippen LogP contribution in [-0.4, -0.2) is 34.9 Å². The Kier molecular flexibility index (Phi) is 21.0. The standard InChI is InChI=1S/C12H12O2.C11H11BrO.C10H11BrO2.C8H9BrO.C3H5BrO/c1-3-10-4-9(6-13)5-11-8(2)7-14-12(10)11;1-3-8-4-9(12)5-10-7(2)6-13-11(8)10;1-7-5-9(11)3-4-10(7)13-6-8(2)12;1-2-6-5-7(9)3-4-8(6)10;1-3(5)2-4/h4-7H,3H2,1-2H3;4-6H,3H2,1-2H3;3-5H,6H2,1-2H3;3-5,10H,2H2,1H3;2H2,1H3. The molecule has 0 aliphatic heterocycles. The van der Waals surface area contributed by atoms with E-state index in [2.05, 4.69) is 96.6 Å². The number of furan rings is 2. The molecule has 0 amide bonds. The Morgan fingerprint density at radius 2 is 1.16 bits per heavy atom. The molecule has 0 saturated carbocycles. The second-order valence-corrected chi connectivity index (χ2v) is 15.8. The first-order chi connectivity index (χ1) is 26.1. The van der Waals surface area contributed by atoms with Crippen LogP contribution in [0.2, 0.25) is 0 Å². The average Bonchev–Trinajstić information content (AvgIpc) is 3.73. The van der Waals surface area contributed by atoms with Crippen molar-refractivity contribution in [2.75, 3.05) is 11.9 Å². The van der Waals surface area contributed by atoms with Gasteiger partial charge in [0.15, 0.2) is 5.78 Å². The van der Waals surface area contributed by atoms with Crippen molar-refractivity contribution < 1.29 is 33.1 Å². The van der Waals surface area contributed by atoms with Gasteiger partial charge in [0.1, 0.15) is 41.3 Å². The molecule has 6 aromatic rings. The molecule has 0 spiro atoms. The lowest BCUT2D eigenvalue weighted by Gasteiger charge is -2.06. The maximum Gasteiger partial charge on any atom is 0.167 e. The van der Waals surface area contributed by atoms with Crippen LogP contribution in [0.15, 0.2) is 95.4 Å². The third-order valence-electron chi connectivity index (χ3n) is 7.95. The van der Waals surface area contributed by atoms with Gasteiger partial charge in [-0.15, -0.1) is 0 Å². The smallest absolute Gasteiger partial charge is 0.167 e. The van der Waals surface area contributed by atoms with Crippen LogP contribution in [0, 0.1) is 20.8 Å². The summed E-state index contributed by atoms with van der Waals surface area (Å²) in [4.78, 5) is 31.1. The van der Waals surface area contributed by atoms with E-state index in [-0.39, 0.29) is 18.2 Å². The summed E-state index contributed by atoms with van der Waals surface area (Å²) in [5.74, 6) is 1.34. The van der Waals surface area contributed by atoms with E-state index in [0.717, 1.165) is 89.1 Å². The second-order valence-electron chi connectivity index (χ2n) is 12.5. The fourth-order valence-corrected chi connectivity index (χ4v) is 6.42. The number of hydrogen-bond donors (Lipinski definition) is 1. The number of aryl methyl sites for hydroxylation is 6. The molecule has 2 aromatic heterocycles. The van der Waals surface area contributed by atoms with Crippen molar-refractivity contribution >= 4 is 104 Å². The van der Waals surface area contributed by atoms with Crippen LogP contribution in [0.1, 0.15) is 78.4 Å². The molecule has 6 rings (SSSR count). The molecule has 0 atom stereocenters. The lowest BCUT2D eigenvalue weighted by atomic mass is 10.0. The first-order valence-corrected chi connectivity index (χ1v) is 21.1. The van der Waals surface area contributed by atoms with Gasteiger partial charge in [-0.2, -0.15) is 0 Å². The summed E-state index contributed by atoms with van der Waals surface area (Å²) >= 11 is 13.1. The van der Waals surface area contributed by atoms with E-state index in [9.17, 15) is 19.5 Å². The Morgan fingerprint density at radius 1 is 0.673 bits per heavy atom. The lowest BCUT2D eigenvalue weighted by molar-refractivity contribution is -0.119.